The van der Waals surface area contributed by atoms with Gasteiger partial charge >= 0.3 is 17.9 Å². The molecule has 8 atom stereocenters. The number of hydrogen-bond acceptors (Lipinski definition) is 9. The second-order valence-electron chi connectivity index (χ2n) is 10.6. The van der Waals surface area contributed by atoms with E-state index in [1.54, 1.807) is 26.8 Å². The molecule has 3 aliphatic rings. The van der Waals surface area contributed by atoms with Crippen molar-refractivity contribution in [2.75, 3.05) is 0 Å². The first-order valence-electron chi connectivity index (χ1n) is 11.9. The second kappa shape index (κ2) is 8.20. The average Bonchev–Trinajstić information content (AvgIpc) is 3.21. The molecule has 1 saturated carbocycles. The summed E-state index contributed by atoms with van der Waals surface area (Å²) in [5.74, 6) is -2.69. The lowest BCUT2D eigenvalue weighted by molar-refractivity contribution is -0.301. The summed E-state index contributed by atoms with van der Waals surface area (Å²) in [6, 6.07) is 1.67. The van der Waals surface area contributed by atoms with Crippen molar-refractivity contribution in [1.29, 1.82) is 0 Å². The average molecular weight is 491 g/mol. The molecule has 1 fully saturated rings. The fourth-order valence-corrected chi connectivity index (χ4v) is 7.09. The van der Waals surface area contributed by atoms with Crippen LogP contribution in [0.1, 0.15) is 66.2 Å². The maximum Gasteiger partial charge on any atom is 0.303 e. The van der Waals surface area contributed by atoms with Gasteiger partial charge in [-0.25, -0.2) is 0 Å². The molecule has 0 aromatic carbocycles. The smallest absolute Gasteiger partial charge is 0.303 e. The van der Waals surface area contributed by atoms with Crippen molar-refractivity contribution in [2.24, 2.45) is 17.3 Å². The number of hydrogen-bond donors (Lipinski definition) is 2. The van der Waals surface area contributed by atoms with E-state index in [0.29, 0.717) is 23.3 Å². The first kappa shape index (κ1) is 25.4. The Morgan fingerprint density at radius 1 is 0.971 bits per heavy atom. The number of fused-ring (bicyclic) bond motifs is 4. The Labute approximate surface area is 204 Å². The van der Waals surface area contributed by atoms with Crippen molar-refractivity contribution in [2.45, 2.75) is 90.8 Å². The van der Waals surface area contributed by atoms with Crippen LogP contribution in [0.25, 0.3) is 0 Å². The van der Waals surface area contributed by atoms with E-state index in [9.17, 15) is 24.6 Å². The molecule has 2 N–H and O–H groups in total. The van der Waals surface area contributed by atoms with Crippen LogP contribution in [0.4, 0.5) is 0 Å². The second-order valence-corrected chi connectivity index (χ2v) is 10.6. The summed E-state index contributed by atoms with van der Waals surface area (Å²) in [6.45, 7) is 10.7. The van der Waals surface area contributed by atoms with Gasteiger partial charge in [0.25, 0.3) is 0 Å². The molecule has 0 unspecified atom stereocenters. The number of rotatable bonds is 3. The predicted octanol–water partition coefficient (Wildman–Crippen LogP) is 2.56. The van der Waals surface area contributed by atoms with Crippen molar-refractivity contribution in [3.05, 3.63) is 34.8 Å². The van der Waals surface area contributed by atoms with E-state index in [0.717, 1.165) is 5.57 Å². The molecule has 0 saturated heterocycles. The van der Waals surface area contributed by atoms with E-state index >= 15 is 0 Å². The molecule has 192 valence electrons. The van der Waals surface area contributed by atoms with Crippen LogP contribution in [-0.2, 0) is 40.6 Å². The Morgan fingerprint density at radius 3 is 2.14 bits per heavy atom. The maximum absolute atomic E-state index is 12.6. The zero-order valence-electron chi connectivity index (χ0n) is 21.2. The third-order valence-corrected chi connectivity index (χ3v) is 8.71. The van der Waals surface area contributed by atoms with Gasteiger partial charge in [0.15, 0.2) is 6.10 Å². The fourth-order valence-electron chi connectivity index (χ4n) is 7.09. The summed E-state index contributed by atoms with van der Waals surface area (Å²) in [6.07, 6.45) is -1.22. The highest BCUT2D eigenvalue weighted by atomic mass is 16.6. The van der Waals surface area contributed by atoms with Crippen LogP contribution in [0, 0.1) is 17.3 Å². The molecular weight excluding hydrogens is 456 g/mol. The topological polar surface area (TPSA) is 132 Å². The van der Waals surface area contributed by atoms with Gasteiger partial charge in [0.2, 0.25) is 0 Å². The predicted molar refractivity (Wildman–Crippen MR) is 122 cm³/mol. The molecule has 1 heterocycles. The molecule has 35 heavy (non-hydrogen) atoms. The molecular formula is C26H34O9. The molecule has 1 aromatic rings. The van der Waals surface area contributed by atoms with Crippen molar-refractivity contribution >= 4 is 17.9 Å². The van der Waals surface area contributed by atoms with Gasteiger partial charge in [0.05, 0.1) is 11.9 Å². The number of ether oxygens (including phenoxy) is 3. The van der Waals surface area contributed by atoms with Gasteiger partial charge in [0.1, 0.15) is 23.6 Å². The summed E-state index contributed by atoms with van der Waals surface area (Å²) < 4.78 is 23.0. The van der Waals surface area contributed by atoms with E-state index in [4.69, 9.17) is 18.6 Å². The van der Waals surface area contributed by atoms with Crippen LogP contribution in [0.3, 0.4) is 0 Å². The van der Waals surface area contributed by atoms with E-state index in [1.165, 1.54) is 27.0 Å². The molecule has 0 aliphatic heterocycles. The lowest BCUT2D eigenvalue weighted by Crippen LogP contribution is -2.78. The standard InChI is InChI=1S/C26H34O9/c1-12-10-20(33-14(3)27)24(6)18-11-19-17(8-9-32-19)25(7,30)21(18)22(34-15(4)28)23(35-16(5)29)26(24,31)13(12)2/h8-9,18,20-23,30-31H,10-11H2,1-7H3/t18-,20-,21-,22+,23-,24-,25+,26-/m0/s1. The lowest BCUT2D eigenvalue weighted by Gasteiger charge is -2.66. The quantitative estimate of drug-likeness (QED) is 0.373. The van der Waals surface area contributed by atoms with Crippen LogP contribution < -0.4 is 0 Å². The van der Waals surface area contributed by atoms with Gasteiger partial charge in [-0.3, -0.25) is 14.4 Å². The number of aliphatic hydroxyl groups is 2. The Bertz CT molecular complexity index is 1100. The van der Waals surface area contributed by atoms with Gasteiger partial charge in [-0.2, -0.15) is 0 Å². The minimum atomic E-state index is -1.87. The number of furan rings is 1. The Morgan fingerprint density at radius 2 is 1.57 bits per heavy atom. The van der Waals surface area contributed by atoms with E-state index in [2.05, 4.69) is 0 Å². The molecule has 3 aliphatic carbocycles. The summed E-state index contributed by atoms with van der Waals surface area (Å²) in [4.78, 5) is 36.8. The van der Waals surface area contributed by atoms with E-state index < -0.39 is 64.7 Å². The van der Waals surface area contributed by atoms with Crippen LogP contribution in [0.2, 0.25) is 0 Å². The molecule has 0 spiro atoms. The van der Waals surface area contributed by atoms with E-state index in [-0.39, 0.29) is 6.42 Å². The normalized spacial score (nSPS) is 40.2. The highest BCUT2D eigenvalue weighted by molar-refractivity contribution is 5.68. The van der Waals surface area contributed by atoms with Crippen molar-refractivity contribution in [1.82, 2.24) is 0 Å². The minimum Gasteiger partial charge on any atom is -0.469 e. The first-order valence-corrected chi connectivity index (χ1v) is 11.9. The zero-order valence-corrected chi connectivity index (χ0v) is 21.2. The largest absolute Gasteiger partial charge is 0.469 e. The van der Waals surface area contributed by atoms with Crippen LogP contribution in [-0.4, -0.2) is 52.0 Å². The molecule has 1 aromatic heterocycles. The van der Waals surface area contributed by atoms with Crippen LogP contribution >= 0.6 is 0 Å². The van der Waals surface area contributed by atoms with Gasteiger partial charge in [-0.15, -0.1) is 0 Å². The Hall–Kier alpha value is -2.65. The first-order chi connectivity index (χ1) is 16.2. The molecule has 9 nitrogen and oxygen atoms in total. The number of carbonyl (C=O) groups excluding carboxylic acids is 3. The lowest BCUT2D eigenvalue weighted by atomic mass is 9.42. The molecule has 4 rings (SSSR count). The third-order valence-electron chi connectivity index (χ3n) is 8.71. The summed E-state index contributed by atoms with van der Waals surface area (Å²) >= 11 is 0. The van der Waals surface area contributed by atoms with Gasteiger partial charge in [-0.1, -0.05) is 12.5 Å². The third kappa shape index (κ3) is 3.46. The monoisotopic (exact) mass is 490 g/mol. The zero-order chi connectivity index (χ0) is 26.1. The Balaban J connectivity index is 2.06. The molecule has 0 bridgehead atoms. The maximum atomic E-state index is 12.6. The summed E-state index contributed by atoms with van der Waals surface area (Å²) in [5.41, 5.74) is -2.82. The van der Waals surface area contributed by atoms with E-state index in [1.807, 2.05) is 6.92 Å². The summed E-state index contributed by atoms with van der Waals surface area (Å²) in [5, 5.41) is 24.6. The molecule has 0 radical (unpaired) electrons. The van der Waals surface area contributed by atoms with Crippen molar-refractivity contribution in [3.63, 3.8) is 0 Å². The SMILES string of the molecule is CC(=O)O[C@@H]1[C@@H]2[C@H](Cc3occc3[C@@]2(C)O)[C@@]2(C)[C@@H](OC(C)=O)CC(C)=C(C)[C@]2(O)[C@H]1OC(C)=O. The minimum absolute atomic E-state index is 0.288. The summed E-state index contributed by atoms with van der Waals surface area (Å²) in [7, 11) is 0. The number of esters is 3. The van der Waals surface area contributed by atoms with Crippen LogP contribution in [0.5, 0.6) is 0 Å². The molecule has 0 amide bonds. The highest BCUT2D eigenvalue weighted by Gasteiger charge is 2.75. The van der Waals surface area contributed by atoms with Crippen molar-refractivity contribution < 1.29 is 43.2 Å². The molecule has 9 heteroatoms. The fraction of sp³-hybridized carbons (Fsp3) is 0.654. The van der Waals surface area contributed by atoms with Gasteiger partial charge < -0.3 is 28.8 Å². The Kier molecular flexibility index (Phi) is 5.96. The highest BCUT2D eigenvalue weighted by Crippen LogP contribution is 2.66. The van der Waals surface area contributed by atoms with Gasteiger partial charge in [-0.05, 0) is 38.3 Å². The van der Waals surface area contributed by atoms with Crippen LogP contribution in [0.15, 0.2) is 27.9 Å². The number of carbonyl (C=O) groups is 3. The van der Waals surface area contributed by atoms with Crippen molar-refractivity contribution in [3.8, 4) is 0 Å². The van der Waals surface area contributed by atoms with Gasteiger partial charge in [0, 0.05) is 50.5 Å².